The molecule has 1 aliphatic heterocycles. The molecule has 0 spiro atoms. The Morgan fingerprint density at radius 2 is 1.11 bits per heavy atom. The van der Waals surface area contributed by atoms with Crippen LogP contribution in [0.3, 0.4) is 0 Å². The normalized spacial score (nSPS) is 13.1. The van der Waals surface area contributed by atoms with Crippen molar-refractivity contribution in [3.8, 4) is 34.0 Å². The number of pyridine rings is 1. The SMILES string of the molecule is c1ccc(-n2c3ccccc3c3cc(-c4ccc5c(c4)C(c4ccccc4)(c4ccccc4)c4cccc6nc(-c7ccccn7)n-5c46)ccc32)cc1. The fraction of sp³-hybridized carbons (Fsp3) is 0.0204. The number of hydrogen-bond donors (Lipinski definition) is 0. The molecule has 0 fully saturated rings. The van der Waals surface area contributed by atoms with E-state index in [1.54, 1.807) is 0 Å². The third-order valence-corrected chi connectivity index (χ3v) is 11.0. The van der Waals surface area contributed by atoms with Crippen molar-refractivity contribution in [2.45, 2.75) is 5.41 Å². The molecule has 0 aliphatic carbocycles. The molecule has 7 aromatic carbocycles. The number of para-hydroxylation sites is 3. The van der Waals surface area contributed by atoms with Crippen molar-refractivity contribution in [2.24, 2.45) is 0 Å². The minimum absolute atomic E-state index is 0.613. The molecule has 10 aromatic rings. The Labute approximate surface area is 306 Å². The number of rotatable bonds is 5. The van der Waals surface area contributed by atoms with Crippen molar-refractivity contribution < 1.29 is 0 Å². The zero-order chi connectivity index (χ0) is 34.9. The lowest BCUT2D eigenvalue weighted by atomic mass is 9.63. The molecule has 0 unspecified atom stereocenters. The fourth-order valence-corrected chi connectivity index (χ4v) is 8.86. The first kappa shape index (κ1) is 29.7. The summed E-state index contributed by atoms with van der Waals surface area (Å²) < 4.78 is 4.71. The third-order valence-electron chi connectivity index (χ3n) is 11.0. The van der Waals surface area contributed by atoms with E-state index in [0.717, 1.165) is 39.5 Å². The van der Waals surface area contributed by atoms with Crippen molar-refractivity contribution >= 4 is 32.8 Å². The molecular formula is C49H32N4. The van der Waals surface area contributed by atoms with Gasteiger partial charge in [-0.05, 0) is 94.0 Å². The summed E-state index contributed by atoms with van der Waals surface area (Å²) in [6.07, 6.45) is 1.85. The highest BCUT2D eigenvalue weighted by atomic mass is 15.1. The predicted octanol–water partition coefficient (Wildman–Crippen LogP) is 11.5. The quantitative estimate of drug-likeness (QED) is 0.182. The topological polar surface area (TPSA) is 35.6 Å². The predicted molar refractivity (Wildman–Crippen MR) is 216 cm³/mol. The van der Waals surface area contributed by atoms with E-state index < -0.39 is 5.41 Å². The molecule has 4 heterocycles. The average Bonchev–Trinajstić information content (AvgIpc) is 3.79. The van der Waals surface area contributed by atoms with Crippen LogP contribution < -0.4 is 0 Å². The zero-order valence-electron chi connectivity index (χ0n) is 28.8. The van der Waals surface area contributed by atoms with Crippen LogP contribution in [0, 0.1) is 0 Å². The van der Waals surface area contributed by atoms with Gasteiger partial charge in [0, 0.05) is 22.7 Å². The molecule has 4 heteroatoms. The number of nitrogens with zero attached hydrogens (tertiary/aromatic N) is 4. The van der Waals surface area contributed by atoms with E-state index in [1.807, 2.05) is 18.3 Å². The Kier molecular flexibility index (Phi) is 6.43. The standard InChI is InChI=1S/C49H32N4/c1-4-15-35(16-5-1)49(36-17-6-2-7-18-36)40-22-14-24-42-47(40)53(48(51-42)43-23-12-13-30-50-43)46-29-27-34(32-41(46)49)33-26-28-45-39(31-33)38-21-10-11-25-44(38)52(45)37-19-8-3-9-20-37/h1-32H. The van der Waals surface area contributed by atoms with Gasteiger partial charge in [0.05, 0.1) is 33.2 Å². The summed E-state index contributed by atoms with van der Waals surface area (Å²) in [4.78, 5) is 10.1. The maximum atomic E-state index is 5.28. The lowest BCUT2D eigenvalue weighted by Gasteiger charge is -2.41. The van der Waals surface area contributed by atoms with Gasteiger partial charge < -0.3 is 4.57 Å². The van der Waals surface area contributed by atoms with Crippen LogP contribution in [0.25, 0.3) is 66.9 Å². The second-order valence-electron chi connectivity index (χ2n) is 13.8. The highest BCUT2D eigenvalue weighted by molar-refractivity contribution is 6.10. The maximum absolute atomic E-state index is 5.28. The Morgan fingerprint density at radius 1 is 0.453 bits per heavy atom. The smallest absolute Gasteiger partial charge is 0.164 e. The number of benzene rings is 7. The van der Waals surface area contributed by atoms with E-state index in [2.05, 4.69) is 185 Å². The molecule has 0 saturated carbocycles. The summed E-state index contributed by atoms with van der Waals surface area (Å²) >= 11 is 0. The minimum atomic E-state index is -0.613. The molecule has 53 heavy (non-hydrogen) atoms. The van der Waals surface area contributed by atoms with E-state index >= 15 is 0 Å². The molecule has 0 saturated heterocycles. The van der Waals surface area contributed by atoms with Gasteiger partial charge in [0.15, 0.2) is 5.82 Å². The van der Waals surface area contributed by atoms with Gasteiger partial charge >= 0.3 is 0 Å². The zero-order valence-corrected chi connectivity index (χ0v) is 28.8. The molecule has 0 atom stereocenters. The largest absolute Gasteiger partial charge is 0.309 e. The van der Waals surface area contributed by atoms with Crippen molar-refractivity contribution in [3.63, 3.8) is 0 Å². The summed E-state index contributed by atoms with van der Waals surface area (Å²) in [6, 6.07) is 67.9. The van der Waals surface area contributed by atoms with Crippen LogP contribution >= 0.6 is 0 Å². The number of aromatic nitrogens is 4. The summed E-state index contributed by atoms with van der Waals surface area (Å²) in [7, 11) is 0. The molecule has 248 valence electrons. The molecule has 0 amide bonds. The Balaban J connectivity index is 1.23. The Hall–Kier alpha value is -7.04. The Morgan fingerprint density at radius 3 is 1.87 bits per heavy atom. The second-order valence-corrected chi connectivity index (χ2v) is 13.8. The van der Waals surface area contributed by atoms with Gasteiger partial charge in [0.1, 0.15) is 5.69 Å². The minimum Gasteiger partial charge on any atom is -0.309 e. The van der Waals surface area contributed by atoms with Crippen LogP contribution in [-0.2, 0) is 5.41 Å². The molecule has 0 bridgehead atoms. The molecule has 3 aromatic heterocycles. The molecule has 0 N–H and O–H groups in total. The number of imidazole rings is 1. The molecule has 4 nitrogen and oxygen atoms in total. The monoisotopic (exact) mass is 676 g/mol. The van der Waals surface area contributed by atoms with E-state index in [4.69, 9.17) is 9.97 Å². The highest BCUT2D eigenvalue weighted by Crippen LogP contribution is 2.54. The lowest BCUT2D eigenvalue weighted by molar-refractivity contribution is 0.725. The van der Waals surface area contributed by atoms with Crippen molar-refractivity contribution in [1.29, 1.82) is 0 Å². The first-order chi connectivity index (χ1) is 26.3. The first-order valence-electron chi connectivity index (χ1n) is 18.1. The molecule has 0 radical (unpaired) electrons. The van der Waals surface area contributed by atoms with Gasteiger partial charge in [-0.1, -0.05) is 127 Å². The van der Waals surface area contributed by atoms with E-state index in [0.29, 0.717) is 0 Å². The van der Waals surface area contributed by atoms with Gasteiger partial charge in [0.25, 0.3) is 0 Å². The highest BCUT2D eigenvalue weighted by Gasteiger charge is 2.45. The van der Waals surface area contributed by atoms with Crippen LogP contribution in [0.4, 0.5) is 0 Å². The summed E-state index contributed by atoms with van der Waals surface area (Å²) in [5.74, 6) is 0.840. The van der Waals surface area contributed by atoms with E-state index in [9.17, 15) is 0 Å². The van der Waals surface area contributed by atoms with E-state index in [-0.39, 0.29) is 0 Å². The van der Waals surface area contributed by atoms with Gasteiger partial charge in [-0.3, -0.25) is 9.55 Å². The molecule has 11 rings (SSSR count). The van der Waals surface area contributed by atoms with Crippen molar-refractivity contribution in [2.75, 3.05) is 0 Å². The third kappa shape index (κ3) is 4.24. The van der Waals surface area contributed by atoms with E-state index in [1.165, 1.54) is 49.6 Å². The van der Waals surface area contributed by atoms with Crippen LogP contribution in [0.1, 0.15) is 22.3 Å². The van der Waals surface area contributed by atoms with Crippen LogP contribution in [-0.4, -0.2) is 19.1 Å². The maximum Gasteiger partial charge on any atom is 0.164 e. The van der Waals surface area contributed by atoms with Crippen molar-refractivity contribution in [3.05, 3.63) is 217 Å². The van der Waals surface area contributed by atoms with Crippen molar-refractivity contribution in [1.82, 2.24) is 19.1 Å². The summed E-state index contributed by atoms with van der Waals surface area (Å²) in [5, 5.41) is 2.47. The number of hydrogen-bond acceptors (Lipinski definition) is 2. The van der Waals surface area contributed by atoms with Gasteiger partial charge in [-0.2, -0.15) is 0 Å². The van der Waals surface area contributed by atoms with Gasteiger partial charge in [-0.15, -0.1) is 0 Å². The van der Waals surface area contributed by atoms with Crippen LogP contribution in [0.5, 0.6) is 0 Å². The van der Waals surface area contributed by atoms with Gasteiger partial charge in [0.2, 0.25) is 0 Å². The Bertz CT molecular complexity index is 2940. The molecule has 1 aliphatic rings. The average molecular weight is 677 g/mol. The lowest BCUT2D eigenvalue weighted by Crippen LogP contribution is -2.35. The fourth-order valence-electron chi connectivity index (χ4n) is 8.86. The summed E-state index contributed by atoms with van der Waals surface area (Å²) in [5.41, 5.74) is 14.1. The van der Waals surface area contributed by atoms with Crippen LogP contribution in [0.15, 0.2) is 194 Å². The molecular weight excluding hydrogens is 645 g/mol. The summed E-state index contributed by atoms with van der Waals surface area (Å²) in [6.45, 7) is 0. The van der Waals surface area contributed by atoms with Crippen LogP contribution in [0.2, 0.25) is 0 Å². The first-order valence-corrected chi connectivity index (χ1v) is 18.1. The second kappa shape index (κ2) is 11.5. The van der Waals surface area contributed by atoms with Gasteiger partial charge in [-0.25, -0.2) is 4.98 Å². The number of fused-ring (bicyclic) bond motifs is 5.